The van der Waals surface area contributed by atoms with Gasteiger partial charge in [-0.05, 0) is 36.4 Å². The van der Waals surface area contributed by atoms with E-state index in [-0.39, 0.29) is 5.56 Å². The first-order valence-electron chi connectivity index (χ1n) is 10.3. The fourth-order valence-corrected chi connectivity index (χ4v) is 3.43. The maximum Gasteiger partial charge on any atom is 0.289 e. The van der Waals surface area contributed by atoms with Crippen LogP contribution in [-0.2, 0) is 0 Å². The van der Waals surface area contributed by atoms with E-state index in [1.807, 2.05) is 0 Å². The molecule has 0 aliphatic carbocycles. The van der Waals surface area contributed by atoms with E-state index in [0.29, 0.717) is 39.6 Å². The average Bonchev–Trinajstić information content (AvgIpc) is 2.88. The number of carbonyl (C=O) groups is 1. The number of nitrogens with zero attached hydrogens (tertiary/aromatic N) is 4. The summed E-state index contributed by atoms with van der Waals surface area (Å²) in [6.45, 7) is 0. The Labute approximate surface area is 203 Å². The molecule has 0 fully saturated rings. The van der Waals surface area contributed by atoms with Crippen molar-refractivity contribution in [2.75, 3.05) is 24.9 Å². The zero-order valence-corrected chi connectivity index (χ0v) is 18.9. The Kier molecular flexibility index (Phi) is 6.54. The Hall–Kier alpha value is -5.33. The first-order chi connectivity index (χ1) is 17.3. The van der Waals surface area contributed by atoms with Gasteiger partial charge >= 0.3 is 0 Å². The molecule has 0 bridgehead atoms. The summed E-state index contributed by atoms with van der Waals surface area (Å²) >= 11 is 0. The lowest BCUT2D eigenvalue weighted by Gasteiger charge is -2.12. The first kappa shape index (κ1) is 23.8. The van der Waals surface area contributed by atoms with Gasteiger partial charge in [0.05, 0.1) is 35.6 Å². The minimum Gasteiger partial charge on any atom is -0.493 e. The SMILES string of the molecule is COc1cc2ncnc(Nc3ccc(NC(=O)c4ccc([N+](=O)[O-])cc4[N+](=O)[O-])cc3)c2cc1OC. The van der Waals surface area contributed by atoms with Crippen molar-refractivity contribution in [3.8, 4) is 11.5 Å². The van der Waals surface area contributed by atoms with E-state index in [2.05, 4.69) is 20.6 Å². The van der Waals surface area contributed by atoms with E-state index in [1.165, 1.54) is 20.5 Å². The molecule has 0 aliphatic heterocycles. The number of non-ortho nitro benzene ring substituents is 1. The zero-order valence-electron chi connectivity index (χ0n) is 18.9. The van der Waals surface area contributed by atoms with Gasteiger partial charge in [0.1, 0.15) is 17.7 Å². The number of nitrogens with one attached hydrogen (secondary N) is 2. The fourth-order valence-electron chi connectivity index (χ4n) is 3.43. The normalized spacial score (nSPS) is 10.5. The molecule has 0 spiro atoms. The Bertz CT molecular complexity index is 1490. The second-order valence-electron chi connectivity index (χ2n) is 7.32. The molecule has 36 heavy (non-hydrogen) atoms. The second kappa shape index (κ2) is 9.89. The number of fused-ring (bicyclic) bond motifs is 1. The molecule has 13 nitrogen and oxygen atoms in total. The van der Waals surface area contributed by atoms with Gasteiger partial charge in [-0.25, -0.2) is 9.97 Å². The minimum absolute atomic E-state index is 0.301. The highest BCUT2D eigenvalue weighted by Gasteiger charge is 2.24. The Morgan fingerprint density at radius 2 is 1.53 bits per heavy atom. The summed E-state index contributed by atoms with van der Waals surface area (Å²) in [4.78, 5) is 41.8. The predicted molar refractivity (Wildman–Crippen MR) is 130 cm³/mol. The fraction of sp³-hybridized carbons (Fsp3) is 0.0870. The van der Waals surface area contributed by atoms with Crippen molar-refractivity contribution in [1.82, 2.24) is 9.97 Å². The average molecular weight is 490 g/mol. The number of hydrogen-bond acceptors (Lipinski definition) is 10. The molecule has 0 atom stereocenters. The molecule has 0 radical (unpaired) electrons. The molecular weight excluding hydrogens is 472 g/mol. The number of benzene rings is 3. The smallest absolute Gasteiger partial charge is 0.289 e. The standard InChI is InChI=1S/C23H18N6O7/c1-35-20-10-17-18(11-21(20)36-2)24-12-25-22(17)26-13-3-5-14(6-4-13)27-23(30)16-8-7-15(28(31)32)9-19(16)29(33)34/h3-12H,1-2H3,(H,27,30)(H,24,25,26). The number of hydrogen-bond donors (Lipinski definition) is 2. The number of anilines is 3. The van der Waals surface area contributed by atoms with Crippen LogP contribution >= 0.6 is 0 Å². The van der Waals surface area contributed by atoms with E-state index in [9.17, 15) is 25.0 Å². The van der Waals surface area contributed by atoms with Crippen LogP contribution in [0.2, 0.25) is 0 Å². The van der Waals surface area contributed by atoms with E-state index in [0.717, 1.165) is 18.2 Å². The summed E-state index contributed by atoms with van der Waals surface area (Å²) < 4.78 is 10.7. The molecule has 0 aliphatic rings. The number of nitro groups is 2. The monoisotopic (exact) mass is 490 g/mol. The molecule has 1 heterocycles. The maximum atomic E-state index is 12.6. The number of carbonyl (C=O) groups excluding carboxylic acids is 1. The van der Waals surface area contributed by atoms with Crippen LogP contribution in [-0.4, -0.2) is 39.9 Å². The van der Waals surface area contributed by atoms with Gasteiger partial charge in [0.15, 0.2) is 11.5 Å². The van der Waals surface area contributed by atoms with Gasteiger partial charge in [0.2, 0.25) is 0 Å². The predicted octanol–water partition coefficient (Wildman–Crippen LogP) is 4.46. The molecule has 0 saturated heterocycles. The van der Waals surface area contributed by atoms with Crippen molar-refractivity contribution >= 4 is 45.4 Å². The van der Waals surface area contributed by atoms with Crippen molar-refractivity contribution in [3.05, 3.63) is 86.7 Å². The van der Waals surface area contributed by atoms with Gasteiger partial charge in [-0.2, -0.15) is 0 Å². The number of aromatic nitrogens is 2. The van der Waals surface area contributed by atoms with Crippen LogP contribution in [0.5, 0.6) is 11.5 Å². The zero-order chi connectivity index (χ0) is 25.8. The van der Waals surface area contributed by atoms with E-state index >= 15 is 0 Å². The van der Waals surface area contributed by atoms with Crippen LogP contribution < -0.4 is 20.1 Å². The van der Waals surface area contributed by atoms with Gasteiger partial charge in [-0.15, -0.1) is 0 Å². The highest BCUT2D eigenvalue weighted by molar-refractivity contribution is 6.07. The summed E-state index contributed by atoms with van der Waals surface area (Å²) in [6.07, 6.45) is 1.41. The van der Waals surface area contributed by atoms with E-state index < -0.39 is 27.1 Å². The molecule has 182 valence electrons. The quantitative estimate of drug-likeness (QED) is 0.265. The lowest BCUT2D eigenvalue weighted by molar-refractivity contribution is -0.394. The molecule has 13 heteroatoms. The summed E-state index contributed by atoms with van der Waals surface area (Å²) in [7, 11) is 3.06. The van der Waals surface area contributed by atoms with Gasteiger partial charge in [0.25, 0.3) is 17.3 Å². The maximum absolute atomic E-state index is 12.6. The summed E-state index contributed by atoms with van der Waals surface area (Å²) in [5, 5.41) is 28.6. The molecule has 3 aromatic carbocycles. The summed E-state index contributed by atoms with van der Waals surface area (Å²) in [5.74, 6) is 0.781. The molecule has 2 N–H and O–H groups in total. The molecule has 1 amide bonds. The number of nitro benzene ring substituents is 2. The van der Waals surface area contributed by atoms with Crippen LogP contribution in [0, 0.1) is 20.2 Å². The third kappa shape index (κ3) is 4.79. The molecule has 0 saturated carbocycles. The molecule has 0 unspecified atom stereocenters. The summed E-state index contributed by atoms with van der Waals surface area (Å²) in [6, 6.07) is 12.8. The molecule has 1 aromatic heterocycles. The third-order valence-electron chi connectivity index (χ3n) is 5.18. The Morgan fingerprint density at radius 1 is 0.861 bits per heavy atom. The molecule has 4 rings (SSSR count). The van der Waals surface area contributed by atoms with Crippen LogP contribution in [0.3, 0.4) is 0 Å². The van der Waals surface area contributed by atoms with Gasteiger partial charge < -0.3 is 20.1 Å². The highest BCUT2D eigenvalue weighted by atomic mass is 16.6. The molecular formula is C23H18N6O7. The number of methoxy groups -OCH3 is 2. The topological polar surface area (TPSA) is 172 Å². The minimum atomic E-state index is -0.842. The number of rotatable bonds is 8. The third-order valence-corrected chi connectivity index (χ3v) is 5.18. The van der Waals surface area contributed by atoms with Crippen molar-refractivity contribution < 1.29 is 24.1 Å². The van der Waals surface area contributed by atoms with Gasteiger partial charge in [0, 0.05) is 28.9 Å². The Balaban J connectivity index is 1.54. The van der Waals surface area contributed by atoms with Crippen LogP contribution in [0.25, 0.3) is 10.9 Å². The van der Waals surface area contributed by atoms with Crippen molar-refractivity contribution in [3.63, 3.8) is 0 Å². The largest absolute Gasteiger partial charge is 0.493 e. The van der Waals surface area contributed by atoms with Gasteiger partial charge in [-0.3, -0.25) is 25.0 Å². The van der Waals surface area contributed by atoms with Crippen molar-refractivity contribution in [2.24, 2.45) is 0 Å². The lowest BCUT2D eigenvalue weighted by atomic mass is 10.1. The highest BCUT2D eigenvalue weighted by Crippen LogP contribution is 2.34. The number of amides is 1. The van der Waals surface area contributed by atoms with Crippen LogP contribution in [0.4, 0.5) is 28.6 Å². The van der Waals surface area contributed by atoms with Gasteiger partial charge in [-0.1, -0.05) is 0 Å². The van der Waals surface area contributed by atoms with Crippen molar-refractivity contribution in [1.29, 1.82) is 0 Å². The van der Waals surface area contributed by atoms with Crippen LogP contribution in [0.15, 0.2) is 60.9 Å². The molecule has 4 aromatic rings. The first-order valence-corrected chi connectivity index (χ1v) is 10.3. The summed E-state index contributed by atoms with van der Waals surface area (Å²) in [5.41, 5.74) is 0.189. The lowest BCUT2D eigenvalue weighted by Crippen LogP contribution is -2.14. The van der Waals surface area contributed by atoms with E-state index in [4.69, 9.17) is 9.47 Å². The van der Waals surface area contributed by atoms with Crippen molar-refractivity contribution in [2.45, 2.75) is 0 Å². The second-order valence-corrected chi connectivity index (χ2v) is 7.32. The number of ether oxygens (including phenoxy) is 2. The van der Waals surface area contributed by atoms with E-state index in [1.54, 1.807) is 36.4 Å². The Morgan fingerprint density at radius 3 is 2.17 bits per heavy atom. The van der Waals surface area contributed by atoms with Crippen LogP contribution in [0.1, 0.15) is 10.4 Å².